The molecule has 5 heteroatoms. The van der Waals surface area contributed by atoms with Crippen molar-refractivity contribution in [2.45, 2.75) is 20.8 Å². The van der Waals surface area contributed by atoms with Crippen LogP contribution in [0.4, 0.5) is 34.1 Å². The van der Waals surface area contributed by atoms with Crippen molar-refractivity contribution in [2.75, 3.05) is 33.7 Å². The monoisotopic (exact) mass is 623 g/mol. The molecule has 2 heterocycles. The fourth-order valence-corrected chi connectivity index (χ4v) is 4.87. The normalized spacial score (nSPS) is 14.5. The minimum absolute atomic E-state index is 0. The molecule has 4 aromatic rings. The van der Waals surface area contributed by atoms with Gasteiger partial charge in [0, 0.05) is 42.5 Å². The Bertz CT molecular complexity index is 1410. The van der Waals surface area contributed by atoms with Crippen molar-refractivity contribution in [1.29, 1.82) is 0 Å². The van der Waals surface area contributed by atoms with Crippen molar-refractivity contribution in [2.24, 2.45) is 0 Å². The summed E-state index contributed by atoms with van der Waals surface area (Å²) in [6, 6.07) is 25.7. The number of rotatable bonds is 2. The number of nitrogens with zero attached hydrogens (tertiary/aromatic N) is 4. The quantitative estimate of drug-likeness (QED) is 0.224. The summed E-state index contributed by atoms with van der Waals surface area (Å²) in [5, 5.41) is 2.50. The second kappa shape index (κ2) is 8.33. The molecule has 0 N–H and O–H groups in total. The predicted molar refractivity (Wildman–Crippen MR) is 140 cm³/mol. The van der Waals surface area contributed by atoms with E-state index >= 15 is 0 Å². The minimum atomic E-state index is 0. The fourth-order valence-electron chi connectivity index (χ4n) is 4.87. The molecule has 0 fully saturated rings. The number of hydrogen-bond acceptors (Lipinski definition) is 4. The Kier molecular flexibility index (Phi) is 5.57. The average Bonchev–Trinajstić information content (AvgIpc) is 3.29. The van der Waals surface area contributed by atoms with Crippen molar-refractivity contribution in [3.63, 3.8) is 0 Å². The molecule has 2 aliphatic heterocycles. The van der Waals surface area contributed by atoms with Gasteiger partial charge in [0.1, 0.15) is 0 Å². The molecule has 0 spiro atoms. The smallest absolute Gasteiger partial charge is 0.0332 e. The van der Waals surface area contributed by atoms with E-state index < -0.39 is 0 Å². The maximum absolute atomic E-state index is 3.71. The summed E-state index contributed by atoms with van der Waals surface area (Å²) >= 11 is 0. The zero-order valence-corrected chi connectivity index (χ0v) is 22.6. The molecular formula is C29H27N4Os-3. The Morgan fingerprint density at radius 3 is 1.62 bits per heavy atom. The van der Waals surface area contributed by atoms with E-state index in [1.165, 1.54) is 50.2 Å². The molecule has 0 radical (unpaired) electrons. The Morgan fingerprint density at radius 1 is 0.618 bits per heavy atom. The number of anilines is 6. The van der Waals surface area contributed by atoms with Gasteiger partial charge in [0.2, 0.25) is 0 Å². The predicted octanol–water partition coefficient (Wildman–Crippen LogP) is 6.98. The maximum atomic E-state index is 3.71. The second-order valence-corrected chi connectivity index (χ2v) is 9.23. The van der Waals surface area contributed by atoms with Crippen LogP contribution in [0.15, 0.2) is 60.7 Å². The van der Waals surface area contributed by atoms with Gasteiger partial charge in [-0.25, -0.2) is 0 Å². The van der Waals surface area contributed by atoms with Crippen LogP contribution in [0.2, 0.25) is 0 Å². The van der Waals surface area contributed by atoms with Crippen molar-refractivity contribution >= 4 is 44.9 Å². The third-order valence-corrected chi connectivity index (χ3v) is 6.79. The molecule has 0 bridgehead atoms. The zero-order valence-electron chi connectivity index (χ0n) is 20.1. The summed E-state index contributed by atoms with van der Waals surface area (Å²) < 4.78 is 0. The molecule has 0 atom stereocenters. The van der Waals surface area contributed by atoms with Crippen LogP contribution in [0.3, 0.4) is 0 Å². The first-order chi connectivity index (χ1) is 15.9. The van der Waals surface area contributed by atoms with Crippen LogP contribution in [0, 0.1) is 40.2 Å². The van der Waals surface area contributed by atoms with Crippen LogP contribution >= 0.6 is 0 Å². The van der Waals surface area contributed by atoms with Gasteiger partial charge in [-0.1, -0.05) is 31.2 Å². The van der Waals surface area contributed by atoms with Gasteiger partial charge in [-0.15, -0.1) is 29.6 Å². The first-order valence-corrected chi connectivity index (χ1v) is 11.3. The average molecular weight is 622 g/mol. The van der Waals surface area contributed by atoms with Gasteiger partial charge in [0.05, 0.1) is 0 Å². The topological polar surface area (TPSA) is 13.0 Å². The molecule has 0 saturated carbocycles. The third kappa shape index (κ3) is 3.55. The SMILES string of the molecule is Cc1cc(N2[CH-]N(C)c3cc(C)c(C)cc32)[c-]c(N2[CH-]N(C)c3cc4ccccc4cc32)c1.[Os]. The summed E-state index contributed by atoms with van der Waals surface area (Å²) in [4.78, 5) is 8.88. The van der Waals surface area contributed by atoms with Gasteiger partial charge in [0.15, 0.2) is 0 Å². The Balaban J connectivity index is 0.00000241. The first-order valence-electron chi connectivity index (χ1n) is 11.3. The summed E-state index contributed by atoms with van der Waals surface area (Å²) in [7, 11) is 4.21. The van der Waals surface area contributed by atoms with E-state index in [0.29, 0.717) is 0 Å². The molecule has 0 aromatic heterocycles. The van der Waals surface area contributed by atoms with Crippen LogP contribution in [-0.4, -0.2) is 14.1 Å². The van der Waals surface area contributed by atoms with Crippen LogP contribution in [0.5, 0.6) is 0 Å². The van der Waals surface area contributed by atoms with Crippen molar-refractivity contribution in [3.05, 3.63) is 96.8 Å². The Labute approximate surface area is 215 Å². The van der Waals surface area contributed by atoms with Gasteiger partial charge in [0.25, 0.3) is 0 Å². The largest absolute Gasteiger partial charge is 0.504 e. The van der Waals surface area contributed by atoms with Crippen molar-refractivity contribution < 1.29 is 19.8 Å². The van der Waals surface area contributed by atoms with E-state index in [1.807, 2.05) is 0 Å². The summed E-state index contributed by atoms with van der Waals surface area (Å²) in [5.41, 5.74) is 10.7. The van der Waals surface area contributed by atoms with Gasteiger partial charge >= 0.3 is 0 Å². The molecule has 4 aromatic carbocycles. The van der Waals surface area contributed by atoms with Gasteiger partial charge in [-0.2, -0.15) is 18.9 Å². The van der Waals surface area contributed by atoms with Crippen LogP contribution in [0.1, 0.15) is 16.7 Å². The van der Waals surface area contributed by atoms with E-state index in [0.717, 1.165) is 11.4 Å². The number of aryl methyl sites for hydroxylation is 3. The molecule has 34 heavy (non-hydrogen) atoms. The summed E-state index contributed by atoms with van der Waals surface area (Å²) in [6.07, 6.45) is 0. The third-order valence-electron chi connectivity index (χ3n) is 6.79. The Morgan fingerprint density at radius 2 is 1.06 bits per heavy atom. The van der Waals surface area contributed by atoms with E-state index in [1.54, 1.807) is 0 Å². The minimum Gasteiger partial charge on any atom is -0.504 e. The fraction of sp³-hybridized carbons (Fsp3) is 0.172. The molecule has 6 rings (SSSR count). The van der Waals surface area contributed by atoms with Crippen LogP contribution in [-0.2, 0) is 19.8 Å². The summed E-state index contributed by atoms with van der Waals surface area (Å²) in [6.45, 7) is 10.8. The molecule has 174 valence electrons. The molecule has 0 amide bonds. The molecule has 2 aliphatic rings. The van der Waals surface area contributed by atoms with Gasteiger partial charge in [-0.05, 0) is 74.1 Å². The van der Waals surface area contributed by atoms with Gasteiger partial charge in [-0.3, -0.25) is 0 Å². The second-order valence-electron chi connectivity index (χ2n) is 9.23. The van der Waals surface area contributed by atoms with Gasteiger partial charge < -0.3 is 19.6 Å². The van der Waals surface area contributed by atoms with Crippen LogP contribution < -0.4 is 19.6 Å². The summed E-state index contributed by atoms with van der Waals surface area (Å²) in [5.74, 6) is 0. The van der Waals surface area contributed by atoms with Crippen molar-refractivity contribution in [3.8, 4) is 0 Å². The standard InChI is InChI=1S/C29H27N4.Os/c1-19-10-24(32-17-30(4)26-12-20(2)21(3)13-28(26)32)16-25(11-19)33-18-31(5)27-14-22-8-6-7-9-23(22)15-29(27)33;/h6-15,17-18H,1-5H3;/q-3;. The molecular weight excluding hydrogens is 595 g/mol. The molecule has 0 saturated heterocycles. The van der Waals surface area contributed by atoms with E-state index in [2.05, 4.69) is 135 Å². The Hall–Kier alpha value is -3.02. The van der Waals surface area contributed by atoms with E-state index in [4.69, 9.17) is 0 Å². The first kappa shape index (κ1) is 22.8. The van der Waals surface area contributed by atoms with E-state index in [9.17, 15) is 0 Å². The van der Waals surface area contributed by atoms with Crippen molar-refractivity contribution in [1.82, 2.24) is 0 Å². The molecule has 0 unspecified atom stereocenters. The zero-order chi connectivity index (χ0) is 22.9. The number of benzene rings is 4. The number of fused-ring (bicyclic) bond motifs is 3. The van der Waals surface area contributed by atoms with Crippen LogP contribution in [0.25, 0.3) is 10.8 Å². The molecule has 4 nitrogen and oxygen atoms in total. The maximum Gasteiger partial charge on any atom is 0.0332 e. The number of hydrogen-bond donors (Lipinski definition) is 0. The molecule has 0 aliphatic carbocycles. The van der Waals surface area contributed by atoms with E-state index in [-0.39, 0.29) is 19.8 Å².